The highest BCUT2D eigenvalue weighted by Gasteiger charge is 2.20. The second-order valence-electron chi connectivity index (χ2n) is 8.06. The van der Waals surface area contributed by atoms with Crippen LogP contribution in [0.1, 0.15) is 38.5 Å². The number of fused-ring (bicyclic) bond motifs is 2. The summed E-state index contributed by atoms with van der Waals surface area (Å²) in [6, 6.07) is 3.85. The second-order valence-corrected chi connectivity index (χ2v) is 9.92. The minimum atomic E-state index is -0.130. The van der Waals surface area contributed by atoms with Crippen molar-refractivity contribution in [2.24, 2.45) is 0 Å². The Labute approximate surface area is 216 Å². The highest BCUT2D eigenvalue weighted by atomic mass is 79.9. The fourth-order valence-electron chi connectivity index (χ4n) is 3.76. The van der Waals surface area contributed by atoms with Crippen LogP contribution in [0.3, 0.4) is 0 Å². The van der Waals surface area contributed by atoms with Gasteiger partial charge in [-0.1, -0.05) is 31.0 Å². The van der Waals surface area contributed by atoms with Crippen LogP contribution < -0.4 is 20.5 Å². The molecule has 0 bridgehead atoms. The van der Waals surface area contributed by atoms with Gasteiger partial charge in [0.1, 0.15) is 6.33 Å². The number of unbranched alkanes of at least 4 members (excludes halogenated alkanes) is 4. The van der Waals surface area contributed by atoms with Crippen molar-refractivity contribution in [1.29, 1.82) is 0 Å². The molecule has 1 aliphatic heterocycles. The van der Waals surface area contributed by atoms with Crippen molar-refractivity contribution in [1.82, 2.24) is 24.8 Å². The van der Waals surface area contributed by atoms with E-state index in [1.165, 1.54) is 25.2 Å². The number of anilines is 1. The van der Waals surface area contributed by atoms with Gasteiger partial charge in [-0.15, -0.1) is 0 Å². The third-order valence-electron chi connectivity index (χ3n) is 5.63. The summed E-state index contributed by atoms with van der Waals surface area (Å²) in [5.41, 5.74) is 7.39. The van der Waals surface area contributed by atoms with E-state index < -0.39 is 0 Å². The third-order valence-corrected chi connectivity index (χ3v) is 7.60. The molecule has 2 aromatic heterocycles. The summed E-state index contributed by atoms with van der Waals surface area (Å²) < 4.78 is 18.6. The molecule has 0 radical (unpaired) electrons. The standard InChI is InChI=1S/C23H29BrN6O4S/c1-32-19(31)7-5-3-2-4-6-8-26-9-10-30-22-20(21(25)27-13-28-22)29-23(30)35-18-12-17-16(11-15(18)24)33-14-34-17/h11-13,26H,2-10,14H2,1H3,(H2,25,27,28). The highest BCUT2D eigenvalue weighted by Crippen LogP contribution is 2.43. The summed E-state index contributed by atoms with van der Waals surface area (Å²) in [4.78, 5) is 25.4. The molecule has 0 spiro atoms. The molecular weight excluding hydrogens is 536 g/mol. The van der Waals surface area contributed by atoms with E-state index in [-0.39, 0.29) is 12.8 Å². The van der Waals surface area contributed by atoms with Crippen LogP contribution in [0.2, 0.25) is 0 Å². The van der Waals surface area contributed by atoms with Crippen molar-refractivity contribution in [3.8, 4) is 11.5 Å². The van der Waals surface area contributed by atoms with Gasteiger partial charge in [-0.25, -0.2) is 15.0 Å². The number of ether oxygens (including phenoxy) is 3. The summed E-state index contributed by atoms with van der Waals surface area (Å²) in [6.45, 7) is 2.61. The second kappa shape index (κ2) is 12.4. The average molecular weight is 565 g/mol. The molecule has 0 saturated heterocycles. The largest absolute Gasteiger partial charge is 0.469 e. The monoisotopic (exact) mass is 564 g/mol. The molecule has 0 saturated carbocycles. The molecule has 0 unspecified atom stereocenters. The van der Waals surface area contributed by atoms with Crippen molar-refractivity contribution in [3.63, 3.8) is 0 Å². The van der Waals surface area contributed by atoms with Crippen LogP contribution in [-0.2, 0) is 16.1 Å². The lowest BCUT2D eigenvalue weighted by molar-refractivity contribution is -0.140. The van der Waals surface area contributed by atoms with Crippen molar-refractivity contribution >= 4 is 50.6 Å². The summed E-state index contributed by atoms with van der Waals surface area (Å²) in [5.74, 6) is 1.66. The number of nitrogens with one attached hydrogen (secondary N) is 1. The number of nitrogens with two attached hydrogens (primary N) is 1. The number of carbonyl (C=O) groups is 1. The number of carbonyl (C=O) groups excluding carboxylic acids is 1. The zero-order valence-corrected chi connectivity index (χ0v) is 22.0. The van der Waals surface area contributed by atoms with Gasteiger partial charge in [0.05, 0.1) is 7.11 Å². The van der Waals surface area contributed by atoms with Gasteiger partial charge in [0, 0.05) is 28.9 Å². The Morgan fingerprint density at radius 3 is 2.77 bits per heavy atom. The third kappa shape index (κ3) is 6.56. The van der Waals surface area contributed by atoms with Gasteiger partial charge in [-0.2, -0.15) is 0 Å². The van der Waals surface area contributed by atoms with E-state index in [1.807, 2.05) is 12.1 Å². The SMILES string of the molecule is COC(=O)CCCCCCCNCCn1c(Sc2cc3c(cc2Br)OCO3)nc2c(N)ncnc21. The maximum atomic E-state index is 11.1. The predicted molar refractivity (Wildman–Crippen MR) is 137 cm³/mol. The Morgan fingerprint density at radius 2 is 1.94 bits per heavy atom. The molecule has 35 heavy (non-hydrogen) atoms. The summed E-state index contributed by atoms with van der Waals surface area (Å²) in [7, 11) is 1.43. The van der Waals surface area contributed by atoms with E-state index in [0.29, 0.717) is 35.7 Å². The molecule has 0 atom stereocenters. The van der Waals surface area contributed by atoms with E-state index in [9.17, 15) is 4.79 Å². The number of imidazole rings is 1. The molecule has 3 aromatic rings. The van der Waals surface area contributed by atoms with Gasteiger partial charge in [0.2, 0.25) is 6.79 Å². The number of nitrogen functional groups attached to an aromatic ring is 1. The van der Waals surface area contributed by atoms with E-state index >= 15 is 0 Å². The Morgan fingerprint density at radius 1 is 1.17 bits per heavy atom. The number of hydrogen-bond acceptors (Lipinski definition) is 10. The zero-order chi connectivity index (χ0) is 24.6. The van der Waals surface area contributed by atoms with Gasteiger partial charge in [0.15, 0.2) is 33.6 Å². The lowest BCUT2D eigenvalue weighted by atomic mass is 10.1. The van der Waals surface area contributed by atoms with Crippen LogP contribution in [-0.4, -0.2) is 52.5 Å². The molecule has 0 aliphatic carbocycles. The lowest BCUT2D eigenvalue weighted by Crippen LogP contribution is -2.21. The minimum absolute atomic E-state index is 0.130. The molecule has 1 aromatic carbocycles. The number of nitrogens with zero attached hydrogens (tertiary/aromatic N) is 4. The molecule has 0 amide bonds. The van der Waals surface area contributed by atoms with Crippen LogP contribution in [0, 0.1) is 0 Å². The zero-order valence-electron chi connectivity index (χ0n) is 19.6. The van der Waals surface area contributed by atoms with E-state index in [1.54, 1.807) is 0 Å². The van der Waals surface area contributed by atoms with Crippen molar-refractivity contribution in [2.45, 2.75) is 55.1 Å². The Hall–Kier alpha value is -2.57. The number of hydrogen-bond donors (Lipinski definition) is 2. The molecule has 4 rings (SSSR count). The topological polar surface area (TPSA) is 126 Å². The van der Waals surface area contributed by atoms with Crippen LogP contribution >= 0.6 is 27.7 Å². The van der Waals surface area contributed by atoms with E-state index in [0.717, 1.165) is 65.5 Å². The summed E-state index contributed by atoms with van der Waals surface area (Å²) in [6.07, 6.45) is 7.24. The molecule has 3 N–H and O–H groups in total. The number of benzene rings is 1. The Balaban J connectivity index is 1.33. The van der Waals surface area contributed by atoms with Crippen molar-refractivity contribution in [3.05, 3.63) is 22.9 Å². The number of halogens is 1. The first-order chi connectivity index (χ1) is 17.1. The molecule has 10 nitrogen and oxygen atoms in total. The smallest absolute Gasteiger partial charge is 0.305 e. The van der Waals surface area contributed by atoms with Crippen LogP contribution in [0.5, 0.6) is 11.5 Å². The number of methoxy groups -OCH3 is 1. The summed E-state index contributed by atoms with van der Waals surface area (Å²) >= 11 is 5.13. The van der Waals surface area contributed by atoms with Crippen LogP contribution in [0.15, 0.2) is 33.0 Å². The normalized spacial score (nSPS) is 12.4. The van der Waals surface area contributed by atoms with Gasteiger partial charge < -0.3 is 29.8 Å². The highest BCUT2D eigenvalue weighted by molar-refractivity contribution is 9.10. The quantitative estimate of drug-likeness (QED) is 0.231. The maximum absolute atomic E-state index is 11.1. The maximum Gasteiger partial charge on any atom is 0.305 e. The Kier molecular flexibility index (Phi) is 9.05. The summed E-state index contributed by atoms with van der Waals surface area (Å²) in [5, 5.41) is 4.28. The first-order valence-corrected chi connectivity index (χ1v) is 13.2. The first-order valence-electron chi connectivity index (χ1n) is 11.6. The van der Waals surface area contributed by atoms with Gasteiger partial charge >= 0.3 is 5.97 Å². The van der Waals surface area contributed by atoms with E-state index in [2.05, 4.69) is 40.5 Å². The first kappa shape index (κ1) is 25.5. The molecular formula is C23H29BrN6O4S. The fraction of sp³-hybridized carbons (Fsp3) is 0.478. The molecule has 3 heterocycles. The lowest BCUT2D eigenvalue weighted by Gasteiger charge is -2.11. The fourth-order valence-corrected chi connectivity index (χ4v) is 5.27. The number of aromatic nitrogens is 4. The van der Waals surface area contributed by atoms with Crippen LogP contribution in [0.25, 0.3) is 11.2 Å². The van der Waals surface area contributed by atoms with Crippen molar-refractivity contribution < 1.29 is 19.0 Å². The van der Waals surface area contributed by atoms with Gasteiger partial charge in [-0.3, -0.25) is 4.79 Å². The Bertz CT molecular complexity index is 1170. The molecule has 188 valence electrons. The molecule has 0 fully saturated rings. The number of rotatable bonds is 13. The molecule has 12 heteroatoms. The average Bonchev–Trinajstić information content (AvgIpc) is 3.45. The number of esters is 1. The van der Waals surface area contributed by atoms with Gasteiger partial charge in [-0.05, 0) is 47.4 Å². The van der Waals surface area contributed by atoms with Crippen molar-refractivity contribution in [2.75, 3.05) is 32.7 Å². The predicted octanol–water partition coefficient (Wildman–Crippen LogP) is 4.15. The van der Waals surface area contributed by atoms with E-state index in [4.69, 9.17) is 20.2 Å². The van der Waals surface area contributed by atoms with Crippen LogP contribution in [0.4, 0.5) is 5.82 Å². The minimum Gasteiger partial charge on any atom is -0.469 e. The molecule has 1 aliphatic rings. The van der Waals surface area contributed by atoms with Gasteiger partial charge in [0.25, 0.3) is 0 Å².